The Bertz CT molecular complexity index is 542. The second-order valence-electron chi connectivity index (χ2n) is 3.90. The van der Waals surface area contributed by atoms with Crippen LogP contribution >= 0.6 is 0 Å². The van der Waals surface area contributed by atoms with Crippen molar-refractivity contribution < 1.29 is 0 Å². The molecule has 0 aliphatic rings. The summed E-state index contributed by atoms with van der Waals surface area (Å²) in [6.07, 6.45) is 0. The van der Waals surface area contributed by atoms with Crippen molar-refractivity contribution in [3.05, 3.63) is 65.0 Å². The zero-order valence-corrected chi connectivity index (χ0v) is 9.49. The van der Waals surface area contributed by atoms with Gasteiger partial charge in [0.1, 0.15) is 0 Å². The molecule has 0 bridgehead atoms. The molecule has 0 aromatic heterocycles. The third kappa shape index (κ3) is 1.70. The van der Waals surface area contributed by atoms with Crippen LogP contribution in [-0.4, -0.2) is 0 Å². The Morgan fingerprint density at radius 2 is 1.50 bits per heavy atom. The first-order valence-electron chi connectivity index (χ1n) is 5.27. The van der Waals surface area contributed by atoms with Crippen molar-refractivity contribution in [1.82, 2.24) is 0 Å². The number of aryl methyl sites for hydroxylation is 2. The fourth-order valence-electron chi connectivity index (χ4n) is 2.02. The molecule has 0 spiro atoms. The molecule has 2 aromatic rings. The normalized spacial score (nSPS) is 9.81. The standard InChI is InChI=1S/C15H13N/c1-11-7-6-8-12(2)15(11)13-9-4-5-10-14(13)16-3/h4-10H,1-2H3. The Labute approximate surface area is 96.2 Å². The highest BCUT2D eigenvalue weighted by Gasteiger charge is 2.08. The molecule has 0 aliphatic carbocycles. The molecular formula is C15H13N. The fraction of sp³-hybridized carbons (Fsp3) is 0.133. The predicted molar refractivity (Wildman–Crippen MR) is 67.6 cm³/mol. The average molecular weight is 207 g/mol. The van der Waals surface area contributed by atoms with Crippen molar-refractivity contribution >= 4 is 5.69 Å². The van der Waals surface area contributed by atoms with Crippen molar-refractivity contribution in [3.8, 4) is 11.1 Å². The molecule has 0 saturated heterocycles. The van der Waals surface area contributed by atoms with E-state index < -0.39 is 0 Å². The van der Waals surface area contributed by atoms with Crippen molar-refractivity contribution in [3.63, 3.8) is 0 Å². The molecule has 0 N–H and O–H groups in total. The molecular weight excluding hydrogens is 194 g/mol. The molecule has 0 unspecified atom stereocenters. The Morgan fingerprint density at radius 3 is 2.12 bits per heavy atom. The van der Waals surface area contributed by atoms with Gasteiger partial charge in [0.2, 0.25) is 0 Å². The van der Waals surface area contributed by atoms with E-state index in [0.717, 1.165) is 11.3 Å². The highest BCUT2D eigenvalue weighted by Crippen LogP contribution is 2.34. The van der Waals surface area contributed by atoms with Gasteiger partial charge in [0.05, 0.1) is 6.57 Å². The first-order chi connectivity index (χ1) is 7.74. The fourth-order valence-corrected chi connectivity index (χ4v) is 2.02. The van der Waals surface area contributed by atoms with Crippen LogP contribution in [-0.2, 0) is 0 Å². The second-order valence-corrected chi connectivity index (χ2v) is 3.90. The van der Waals surface area contributed by atoms with Crippen molar-refractivity contribution in [2.45, 2.75) is 13.8 Å². The van der Waals surface area contributed by atoms with Crippen molar-refractivity contribution in [1.29, 1.82) is 0 Å². The molecule has 0 heterocycles. The van der Waals surface area contributed by atoms with Crippen LogP contribution in [0.2, 0.25) is 0 Å². The zero-order valence-electron chi connectivity index (χ0n) is 9.49. The quantitative estimate of drug-likeness (QED) is 0.605. The molecule has 2 aromatic carbocycles. The van der Waals surface area contributed by atoms with E-state index in [9.17, 15) is 0 Å². The largest absolute Gasteiger partial charge is 0.238 e. The minimum absolute atomic E-state index is 0.722. The minimum atomic E-state index is 0.722. The van der Waals surface area contributed by atoms with Crippen LogP contribution in [0.15, 0.2) is 42.5 Å². The van der Waals surface area contributed by atoms with Gasteiger partial charge < -0.3 is 0 Å². The maximum absolute atomic E-state index is 7.20. The number of hydrogen-bond donors (Lipinski definition) is 0. The van der Waals surface area contributed by atoms with Gasteiger partial charge in [0, 0.05) is 0 Å². The Balaban J connectivity index is 2.73. The van der Waals surface area contributed by atoms with Crippen LogP contribution in [0, 0.1) is 20.4 Å². The van der Waals surface area contributed by atoms with E-state index in [2.05, 4.69) is 36.9 Å². The molecule has 2 rings (SSSR count). The first kappa shape index (κ1) is 10.4. The Morgan fingerprint density at radius 1 is 0.875 bits per heavy atom. The average Bonchev–Trinajstić information content (AvgIpc) is 2.29. The summed E-state index contributed by atoms with van der Waals surface area (Å²) < 4.78 is 0. The summed E-state index contributed by atoms with van der Waals surface area (Å²) >= 11 is 0. The summed E-state index contributed by atoms with van der Waals surface area (Å²) in [5.41, 5.74) is 5.38. The van der Waals surface area contributed by atoms with Crippen LogP contribution in [0.4, 0.5) is 5.69 Å². The van der Waals surface area contributed by atoms with E-state index in [4.69, 9.17) is 6.57 Å². The van der Waals surface area contributed by atoms with Gasteiger partial charge in [0.15, 0.2) is 5.69 Å². The van der Waals surface area contributed by atoms with E-state index in [1.807, 2.05) is 24.3 Å². The minimum Gasteiger partial charge on any atom is -0.238 e. The molecule has 0 radical (unpaired) electrons. The summed E-state index contributed by atoms with van der Waals surface area (Å²) in [6, 6.07) is 14.0. The lowest BCUT2D eigenvalue weighted by atomic mass is 9.95. The van der Waals surface area contributed by atoms with E-state index in [1.54, 1.807) is 0 Å². The van der Waals surface area contributed by atoms with Gasteiger partial charge in [-0.3, -0.25) is 0 Å². The molecule has 1 nitrogen and oxygen atoms in total. The molecule has 1 heteroatoms. The van der Waals surface area contributed by atoms with Gasteiger partial charge in [-0.1, -0.05) is 42.5 Å². The third-order valence-corrected chi connectivity index (χ3v) is 2.77. The number of para-hydroxylation sites is 1. The molecule has 0 atom stereocenters. The zero-order chi connectivity index (χ0) is 11.5. The topological polar surface area (TPSA) is 4.36 Å². The van der Waals surface area contributed by atoms with Crippen LogP contribution < -0.4 is 0 Å². The molecule has 0 amide bonds. The summed E-state index contributed by atoms with van der Waals surface area (Å²) in [7, 11) is 0. The van der Waals surface area contributed by atoms with Crippen LogP contribution in [0.3, 0.4) is 0 Å². The van der Waals surface area contributed by atoms with E-state index in [0.29, 0.717) is 0 Å². The molecule has 0 saturated carbocycles. The maximum Gasteiger partial charge on any atom is 0.194 e. The van der Waals surface area contributed by atoms with E-state index >= 15 is 0 Å². The lowest BCUT2D eigenvalue weighted by molar-refractivity contribution is 1.38. The van der Waals surface area contributed by atoms with Gasteiger partial charge in [-0.05, 0) is 36.1 Å². The SMILES string of the molecule is [C-]#[N+]c1ccccc1-c1c(C)cccc1C. The Hall–Kier alpha value is -2.07. The van der Waals surface area contributed by atoms with E-state index in [1.165, 1.54) is 16.7 Å². The van der Waals surface area contributed by atoms with Gasteiger partial charge >= 0.3 is 0 Å². The van der Waals surface area contributed by atoms with Crippen LogP contribution in [0.5, 0.6) is 0 Å². The van der Waals surface area contributed by atoms with Gasteiger partial charge in [-0.15, -0.1) is 0 Å². The van der Waals surface area contributed by atoms with Crippen molar-refractivity contribution in [2.24, 2.45) is 0 Å². The summed E-state index contributed by atoms with van der Waals surface area (Å²) in [5.74, 6) is 0. The molecule has 16 heavy (non-hydrogen) atoms. The third-order valence-electron chi connectivity index (χ3n) is 2.77. The Kier molecular flexibility index (Phi) is 2.74. The van der Waals surface area contributed by atoms with Crippen molar-refractivity contribution in [2.75, 3.05) is 0 Å². The highest BCUT2D eigenvalue weighted by molar-refractivity contribution is 5.82. The number of nitrogens with zero attached hydrogens (tertiary/aromatic N) is 1. The predicted octanol–water partition coefficient (Wildman–Crippen LogP) is 4.52. The van der Waals surface area contributed by atoms with Gasteiger partial charge in [0.25, 0.3) is 0 Å². The van der Waals surface area contributed by atoms with Gasteiger partial charge in [-0.25, -0.2) is 4.85 Å². The van der Waals surface area contributed by atoms with E-state index in [-0.39, 0.29) is 0 Å². The molecule has 78 valence electrons. The molecule has 0 fully saturated rings. The summed E-state index contributed by atoms with van der Waals surface area (Å²) in [6.45, 7) is 11.4. The van der Waals surface area contributed by atoms with Gasteiger partial charge in [-0.2, -0.15) is 0 Å². The monoisotopic (exact) mass is 207 g/mol. The smallest absolute Gasteiger partial charge is 0.194 e. The lowest BCUT2D eigenvalue weighted by Crippen LogP contribution is -1.87. The second kappa shape index (κ2) is 4.20. The lowest BCUT2D eigenvalue weighted by Gasteiger charge is -2.11. The highest BCUT2D eigenvalue weighted by atomic mass is 14.6. The molecule has 0 aliphatic heterocycles. The summed E-state index contributed by atoms with van der Waals surface area (Å²) in [4.78, 5) is 3.58. The number of hydrogen-bond acceptors (Lipinski definition) is 0. The summed E-state index contributed by atoms with van der Waals surface area (Å²) in [5, 5.41) is 0. The number of benzene rings is 2. The van der Waals surface area contributed by atoms with Crippen LogP contribution in [0.1, 0.15) is 11.1 Å². The first-order valence-corrected chi connectivity index (χ1v) is 5.27. The number of rotatable bonds is 1. The van der Waals surface area contributed by atoms with Crippen LogP contribution in [0.25, 0.3) is 16.0 Å². The maximum atomic E-state index is 7.20.